The standard InChI is InChI=1S/C13H17N3OS/c1-7-3-5-9(6-4-7)12-16-10-11(17)14-8(2)15-13(10)18-12/h7,9H,3-6H2,1-2H3,(H,14,15,17)/t7-,9-. The van der Waals surface area contributed by atoms with Crippen molar-refractivity contribution in [2.24, 2.45) is 5.92 Å². The Hall–Kier alpha value is -1.23. The molecule has 0 bridgehead atoms. The lowest BCUT2D eigenvalue weighted by atomic mass is 9.83. The van der Waals surface area contributed by atoms with E-state index in [0.29, 0.717) is 17.3 Å². The summed E-state index contributed by atoms with van der Waals surface area (Å²) >= 11 is 1.61. The van der Waals surface area contributed by atoms with Gasteiger partial charge in [-0.05, 0) is 25.7 Å². The molecule has 0 unspecified atom stereocenters. The van der Waals surface area contributed by atoms with E-state index in [1.165, 1.54) is 25.7 Å². The average molecular weight is 263 g/mol. The Kier molecular flexibility index (Phi) is 2.93. The predicted octanol–water partition coefficient (Wildman–Crippen LogP) is 3.39. The van der Waals surface area contributed by atoms with Gasteiger partial charge in [-0.2, -0.15) is 4.98 Å². The minimum Gasteiger partial charge on any atom is -0.492 e. The van der Waals surface area contributed by atoms with Gasteiger partial charge in [-0.15, -0.1) is 0 Å². The summed E-state index contributed by atoms with van der Waals surface area (Å²) < 4.78 is 0. The van der Waals surface area contributed by atoms with Gasteiger partial charge in [-0.3, -0.25) is 0 Å². The van der Waals surface area contributed by atoms with Crippen molar-refractivity contribution in [2.75, 3.05) is 0 Å². The molecule has 5 heteroatoms. The summed E-state index contributed by atoms with van der Waals surface area (Å²) in [6, 6.07) is 0. The Morgan fingerprint density at radius 2 is 1.83 bits per heavy atom. The second kappa shape index (κ2) is 4.46. The number of rotatable bonds is 1. The maximum absolute atomic E-state index is 9.80. The number of nitrogens with zero attached hydrogens (tertiary/aromatic N) is 3. The van der Waals surface area contributed by atoms with Gasteiger partial charge in [-0.1, -0.05) is 31.1 Å². The van der Waals surface area contributed by atoms with Gasteiger partial charge in [0.15, 0.2) is 10.3 Å². The van der Waals surface area contributed by atoms with Crippen LogP contribution < -0.4 is 0 Å². The number of aromatic hydroxyl groups is 1. The highest BCUT2D eigenvalue weighted by atomic mass is 32.1. The Bertz CT molecular complexity index is 573. The third-order valence-corrected chi connectivity index (χ3v) is 4.85. The van der Waals surface area contributed by atoms with Crippen molar-refractivity contribution >= 4 is 21.7 Å². The van der Waals surface area contributed by atoms with Crippen molar-refractivity contribution in [3.05, 3.63) is 10.8 Å². The molecule has 18 heavy (non-hydrogen) atoms. The Labute approximate surface area is 110 Å². The normalized spacial score (nSPS) is 24.6. The van der Waals surface area contributed by atoms with Gasteiger partial charge < -0.3 is 5.11 Å². The van der Waals surface area contributed by atoms with Crippen LogP contribution in [0.2, 0.25) is 0 Å². The molecule has 2 aromatic rings. The van der Waals surface area contributed by atoms with Crippen LogP contribution in [-0.2, 0) is 0 Å². The molecule has 1 aliphatic rings. The second-order valence-electron chi connectivity index (χ2n) is 5.26. The van der Waals surface area contributed by atoms with Gasteiger partial charge >= 0.3 is 0 Å². The summed E-state index contributed by atoms with van der Waals surface area (Å²) in [6.07, 6.45) is 4.96. The third-order valence-electron chi connectivity index (χ3n) is 3.73. The van der Waals surface area contributed by atoms with E-state index in [2.05, 4.69) is 21.9 Å². The molecular formula is C13H17N3OS. The molecule has 96 valence electrons. The molecule has 0 atom stereocenters. The molecular weight excluding hydrogens is 246 g/mol. The van der Waals surface area contributed by atoms with E-state index in [-0.39, 0.29) is 5.88 Å². The van der Waals surface area contributed by atoms with Gasteiger partial charge in [-0.25, -0.2) is 9.97 Å². The van der Waals surface area contributed by atoms with Gasteiger partial charge in [0.25, 0.3) is 0 Å². The first-order valence-electron chi connectivity index (χ1n) is 6.47. The Morgan fingerprint density at radius 3 is 2.56 bits per heavy atom. The molecule has 0 amide bonds. The minimum atomic E-state index is 0.0178. The number of aromatic nitrogens is 3. The molecule has 0 radical (unpaired) electrons. The van der Waals surface area contributed by atoms with Gasteiger partial charge in [0, 0.05) is 5.92 Å². The summed E-state index contributed by atoms with van der Waals surface area (Å²) in [5.41, 5.74) is 0.569. The Balaban J connectivity index is 1.96. The Morgan fingerprint density at radius 1 is 1.11 bits per heavy atom. The fraction of sp³-hybridized carbons (Fsp3) is 0.615. The topological polar surface area (TPSA) is 58.9 Å². The maximum Gasteiger partial charge on any atom is 0.242 e. The van der Waals surface area contributed by atoms with Crippen LogP contribution >= 0.6 is 11.3 Å². The van der Waals surface area contributed by atoms with Crippen molar-refractivity contribution in [1.82, 2.24) is 15.0 Å². The smallest absolute Gasteiger partial charge is 0.242 e. The van der Waals surface area contributed by atoms with E-state index in [4.69, 9.17) is 0 Å². The van der Waals surface area contributed by atoms with Crippen molar-refractivity contribution in [3.8, 4) is 5.88 Å². The van der Waals surface area contributed by atoms with Crippen LogP contribution in [0.25, 0.3) is 10.3 Å². The number of hydrogen-bond acceptors (Lipinski definition) is 5. The first kappa shape index (κ1) is 11.8. The van der Waals surface area contributed by atoms with E-state index in [0.717, 1.165) is 15.8 Å². The molecule has 2 heterocycles. The van der Waals surface area contributed by atoms with E-state index in [9.17, 15) is 5.11 Å². The lowest BCUT2D eigenvalue weighted by Gasteiger charge is -2.24. The summed E-state index contributed by atoms with van der Waals surface area (Å²) in [5, 5.41) is 10.9. The third kappa shape index (κ3) is 2.07. The van der Waals surface area contributed by atoms with Gasteiger partial charge in [0.1, 0.15) is 5.82 Å². The van der Waals surface area contributed by atoms with E-state index >= 15 is 0 Å². The highest BCUT2D eigenvalue weighted by molar-refractivity contribution is 7.18. The van der Waals surface area contributed by atoms with Crippen LogP contribution in [0.3, 0.4) is 0 Å². The monoisotopic (exact) mass is 263 g/mol. The zero-order valence-electron chi connectivity index (χ0n) is 10.7. The summed E-state index contributed by atoms with van der Waals surface area (Å²) in [4.78, 5) is 13.7. The molecule has 2 aromatic heterocycles. The molecule has 1 N–H and O–H groups in total. The summed E-state index contributed by atoms with van der Waals surface area (Å²) in [5.74, 6) is 2.00. The molecule has 0 aliphatic heterocycles. The minimum absolute atomic E-state index is 0.0178. The molecule has 0 spiro atoms. The van der Waals surface area contributed by atoms with Crippen molar-refractivity contribution in [2.45, 2.75) is 45.4 Å². The van der Waals surface area contributed by atoms with Crippen LogP contribution in [0, 0.1) is 12.8 Å². The zero-order valence-corrected chi connectivity index (χ0v) is 11.5. The van der Waals surface area contributed by atoms with Crippen LogP contribution in [0.5, 0.6) is 5.88 Å². The highest BCUT2D eigenvalue weighted by Gasteiger charge is 2.23. The number of thiazole rings is 1. The quantitative estimate of drug-likeness (QED) is 0.856. The van der Waals surface area contributed by atoms with Gasteiger partial charge in [0.2, 0.25) is 5.88 Å². The molecule has 1 aliphatic carbocycles. The second-order valence-corrected chi connectivity index (χ2v) is 6.27. The number of hydrogen-bond donors (Lipinski definition) is 1. The lowest BCUT2D eigenvalue weighted by Crippen LogP contribution is -2.10. The number of aryl methyl sites for hydroxylation is 1. The maximum atomic E-state index is 9.80. The average Bonchev–Trinajstić information content (AvgIpc) is 2.74. The van der Waals surface area contributed by atoms with E-state index < -0.39 is 0 Å². The van der Waals surface area contributed by atoms with Crippen LogP contribution in [-0.4, -0.2) is 20.1 Å². The van der Waals surface area contributed by atoms with E-state index in [1.54, 1.807) is 18.3 Å². The first-order chi connectivity index (χ1) is 8.63. The molecule has 1 saturated carbocycles. The van der Waals surface area contributed by atoms with Crippen LogP contribution in [0.4, 0.5) is 0 Å². The molecule has 0 aromatic carbocycles. The fourth-order valence-electron chi connectivity index (χ4n) is 2.61. The largest absolute Gasteiger partial charge is 0.492 e. The summed E-state index contributed by atoms with van der Waals surface area (Å²) in [6.45, 7) is 4.11. The van der Waals surface area contributed by atoms with E-state index in [1.807, 2.05) is 0 Å². The van der Waals surface area contributed by atoms with Gasteiger partial charge in [0.05, 0.1) is 5.01 Å². The molecule has 0 saturated heterocycles. The van der Waals surface area contributed by atoms with Crippen LogP contribution in [0.15, 0.2) is 0 Å². The van der Waals surface area contributed by atoms with Crippen molar-refractivity contribution in [3.63, 3.8) is 0 Å². The highest BCUT2D eigenvalue weighted by Crippen LogP contribution is 2.39. The fourth-order valence-corrected chi connectivity index (χ4v) is 3.76. The zero-order chi connectivity index (χ0) is 12.7. The van der Waals surface area contributed by atoms with Crippen molar-refractivity contribution < 1.29 is 5.11 Å². The SMILES string of the molecule is Cc1nc(O)c2nc([C@H]3CC[C@H](C)CC3)sc2n1. The summed E-state index contributed by atoms with van der Waals surface area (Å²) in [7, 11) is 0. The molecule has 3 rings (SSSR count). The van der Waals surface area contributed by atoms with Crippen molar-refractivity contribution in [1.29, 1.82) is 0 Å². The lowest BCUT2D eigenvalue weighted by molar-refractivity contribution is 0.347. The molecule has 1 fully saturated rings. The molecule has 4 nitrogen and oxygen atoms in total. The first-order valence-corrected chi connectivity index (χ1v) is 7.29. The number of fused-ring (bicyclic) bond motifs is 1. The predicted molar refractivity (Wildman–Crippen MR) is 72.0 cm³/mol. The van der Waals surface area contributed by atoms with Crippen LogP contribution in [0.1, 0.15) is 49.4 Å².